The average molecular weight is 242 g/mol. The van der Waals surface area contributed by atoms with Crippen molar-refractivity contribution >= 4 is 0 Å². The summed E-state index contributed by atoms with van der Waals surface area (Å²) >= 11 is 0. The van der Waals surface area contributed by atoms with Crippen LogP contribution in [0, 0.1) is 5.92 Å². The Labute approximate surface area is 106 Å². The number of aliphatic hydroxyl groups is 1. The molecule has 3 N–H and O–H groups in total. The molecule has 102 valence electrons. The summed E-state index contributed by atoms with van der Waals surface area (Å²) in [4.78, 5) is 2.52. The molecule has 1 saturated carbocycles. The van der Waals surface area contributed by atoms with Crippen molar-refractivity contribution < 1.29 is 5.11 Å². The molecule has 17 heavy (non-hydrogen) atoms. The van der Waals surface area contributed by atoms with Gasteiger partial charge in [0.2, 0.25) is 0 Å². The highest BCUT2D eigenvalue weighted by Gasteiger charge is 2.28. The van der Waals surface area contributed by atoms with Crippen LogP contribution in [0.25, 0.3) is 0 Å². The van der Waals surface area contributed by atoms with Crippen LogP contribution in [-0.2, 0) is 0 Å². The third kappa shape index (κ3) is 5.36. The van der Waals surface area contributed by atoms with Crippen molar-refractivity contribution in [3.63, 3.8) is 0 Å². The van der Waals surface area contributed by atoms with E-state index in [1.165, 1.54) is 32.1 Å². The van der Waals surface area contributed by atoms with E-state index in [1.54, 1.807) is 0 Å². The number of rotatable bonds is 7. The molecular weight excluding hydrogens is 212 g/mol. The SMILES string of the molecule is CC(C)CCN(CC(C)(N)CO)C1CCCC1. The zero-order chi connectivity index (χ0) is 12.9. The lowest BCUT2D eigenvalue weighted by molar-refractivity contribution is 0.113. The molecular formula is C14H30N2O. The molecule has 1 aliphatic carbocycles. The normalized spacial score (nSPS) is 21.4. The van der Waals surface area contributed by atoms with Gasteiger partial charge in [-0.3, -0.25) is 4.90 Å². The largest absolute Gasteiger partial charge is 0.394 e. The minimum atomic E-state index is -0.459. The second-order valence-electron chi connectivity index (χ2n) is 6.40. The van der Waals surface area contributed by atoms with Gasteiger partial charge in [-0.1, -0.05) is 26.7 Å². The van der Waals surface area contributed by atoms with Gasteiger partial charge in [0.05, 0.1) is 6.61 Å². The topological polar surface area (TPSA) is 49.5 Å². The van der Waals surface area contributed by atoms with Gasteiger partial charge in [-0.15, -0.1) is 0 Å². The van der Waals surface area contributed by atoms with Crippen LogP contribution in [0.15, 0.2) is 0 Å². The third-order valence-corrected chi connectivity index (χ3v) is 3.76. The molecule has 0 spiro atoms. The van der Waals surface area contributed by atoms with Gasteiger partial charge < -0.3 is 10.8 Å². The van der Waals surface area contributed by atoms with E-state index in [0.717, 1.165) is 19.0 Å². The van der Waals surface area contributed by atoms with Crippen molar-refractivity contribution in [1.29, 1.82) is 0 Å². The molecule has 0 aromatic heterocycles. The molecule has 0 radical (unpaired) electrons. The Kier molecular flexibility index (Phi) is 5.90. The van der Waals surface area contributed by atoms with Gasteiger partial charge >= 0.3 is 0 Å². The van der Waals surface area contributed by atoms with Crippen LogP contribution in [0.1, 0.15) is 52.9 Å². The first-order valence-electron chi connectivity index (χ1n) is 7.08. The zero-order valence-corrected chi connectivity index (χ0v) is 11.8. The first-order chi connectivity index (χ1) is 7.94. The summed E-state index contributed by atoms with van der Waals surface area (Å²) in [5, 5.41) is 9.31. The average Bonchev–Trinajstić information content (AvgIpc) is 2.77. The maximum absolute atomic E-state index is 9.31. The molecule has 0 aromatic carbocycles. The van der Waals surface area contributed by atoms with E-state index in [-0.39, 0.29) is 6.61 Å². The summed E-state index contributed by atoms with van der Waals surface area (Å²) in [5.41, 5.74) is 5.64. The van der Waals surface area contributed by atoms with Crippen molar-refractivity contribution in [2.45, 2.75) is 64.5 Å². The van der Waals surface area contributed by atoms with Gasteiger partial charge in [-0.25, -0.2) is 0 Å². The highest BCUT2D eigenvalue weighted by Crippen LogP contribution is 2.25. The highest BCUT2D eigenvalue weighted by molar-refractivity contribution is 4.87. The van der Waals surface area contributed by atoms with Crippen LogP contribution in [0.2, 0.25) is 0 Å². The predicted octanol–water partition coefficient (Wildman–Crippen LogP) is 1.99. The molecule has 1 rings (SSSR count). The first-order valence-corrected chi connectivity index (χ1v) is 7.08. The summed E-state index contributed by atoms with van der Waals surface area (Å²) in [6, 6.07) is 0.697. The molecule has 3 nitrogen and oxygen atoms in total. The van der Waals surface area contributed by atoms with Crippen LogP contribution in [0.4, 0.5) is 0 Å². The lowest BCUT2D eigenvalue weighted by Crippen LogP contribution is -2.53. The lowest BCUT2D eigenvalue weighted by atomic mass is 10.0. The van der Waals surface area contributed by atoms with E-state index in [9.17, 15) is 5.11 Å². The molecule has 0 aromatic rings. The van der Waals surface area contributed by atoms with Gasteiger partial charge in [0.1, 0.15) is 0 Å². The fraction of sp³-hybridized carbons (Fsp3) is 1.00. The van der Waals surface area contributed by atoms with E-state index in [4.69, 9.17) is 5.73 Å². The lowest BCUT2D eigenvalue weighted by Gasteiger charge is -2.35. The Hall–Kier alpha value is -0.120. The van der Waals surface area contributed by atoms with Gasteiger partial charge in [-0.2, -0.15) is 0 Å². The van der Waals surface area contributed by atoms with E-state index in [1.807, 2.05) is 6.92 Å². The van der Waals surface area contributed by atoms with Gasteiger partial charge in [-0.05, 0) is 38.6 Å². The third-order valence-electron chi connectivity index (χ3n) is 3.76. The second-order valence-corrected chi connectivity index (χ2v) is 6.40. The molecule has 3 heteroatoms. The van der Waals surface area contributed by atoms with Crippen LogP contribution >= 0.6 is 0 Å². The molecule has 1 fully saturated rings. The van der Waals surface area contributed by atoms with Crippen molar-refractivity contribution in [1.82, 2.24) is 4.90 Å². The number of nitrogens with two attached hydrogens (primary N) is 1. The zero-order valence-electron chi connectivity index (χ0n) is 11.8. The smallest absolute Gasteiger partial charge is 0.0621 e. The number of hydrogen-bond acceptors (Lipinski definition) is 3. The maximum atomic E-state index is 9.31. The minimum Gasteiger partial charge on any atom is -0.394 e. The molecule has 1 atom stereocenters. The van der Waals surface area contributed by atoms with Crippen LogP contribution in [-0.4, -0.2) is 41.3 Å². The molecule has 0 amide bonds. The Morgan fingerprint density at radius 2 is 1.94 bits per heavy atom. The van der Waals surface area contributed by atoms with Gasteiger partial charge in [0, 0.05) is 18.1 Å². The number of nitrogens with zero attached hydrogens (tertiary/aromatic N) is 1. The number of aliphatic hydroxyl groups excluding tert-OH is 1. The Morgan fingerprint density at radius 1 is 1.35 bits per heavy atom. The molecule has 0 heterocycles. The van der Waals surface area contributed by atoms with Gasteiger partial charge in [0.25, 0.3) is 0 Å². The maximum Gasteiger partial charge on any atom is 0.0621 e. The summed E-state index contributed by atoms with van der Waals surface area (Å²) in [5.74, 6) is 0.733. The Morgan fingerprint density at radius 3 is 2.41 bits per heavy atom. The molecule has 0 bridgehead atoms. The van der Waals surface area contributed by atoms with Crippen molar-refractivity contribution in [3.8, 4) is 0 Å². The number of hydrogen-bond donors (Lipinski definition) is 2. The molecule has 1 aliphatic rings. The Bertz CT molecular complexity index is 210. The van der Waals surface area contributed by atoms with Crippen molar-refractivity contribution in [3.05, 3.63) is 0 Å². The highest BCUT2D eigenvalue weighted by atomic mass is 16.3. The van der Waals surface area contributed by atoms with E-state index < -0.39 is 5.54 Å². The monoisotopic (exact) mass is 242 g/mol. The van der Waals surface area contributed by atoms with E-state index in [0.29, 0.717) is 6.04 Å². The van der Waals surface area contributed by atoms with Gasteiger partial charge in [0.15, 0.2) is 0 Å². The summed E-state index contributed by atoms with van der Waals surface area (Å²) in [6.45, 7) is 8.49. The van der Waals surface area contributed by atoms with Crippen molar-refractivity contribution in [2.75, 3.05) is 19.7 Å². The minimum absolute atomic E-state index is 0.0674. The van der Waals surface area contributed by atoms with Crippen LogP contribution < -0.4 is 5.73 Å². The quantitative estimate of drug-likeness (QED) is 0.718. The Balaban J connectivity index is 2.51. The molecule has 0 aliphatic heterocycles. The molecule has 1 unspecified atom stereocenters. The predicted molar refractivity (Wildman–Crippen MR) is 73.0 cm³/mol. The fourth-order valence-electron chi connectivity index (χ4n) is 2.60. The second kappa shape index (κ2) is 6.72. The summed E-state index contributed by atoms with van der Waals surface area (Å²) in [7, 11) is 0. The fourth-order valence-corrected chi connectivity index (χ4v) is 2.60. The van der Waals surface area contributed by atoms with Crippen LogP contribution in [0.3, 0.4) is 0 Å². The molecule has 0 saturated heterocycles. The summed E-state index contributed by atoms with van der Waals surface area (Å²) < 4.78 is 0. The van der Waals surface area contributed by atoms with Crippen LogP contribution in [0.5, 0.6) is 0 Å². The standard InChI is InChI=1S/C14H30N2O/c1-12(2)8-9-16(10-14(3,15)11-17)13-6-4-5-7-13/h12-13,17H,4-11,15H2,1-3H3. The van der Waals surface area contributed by atoms with E-state index >= 15 is 0 Å². The first kappa shape index (κ1) is 14.9. The van der Waals surface area contributed by atoms with E-state index in [2.05, 4.69) is 18.7 Å². The summed E-state index contributed by atoms with van der Waals surface area (Å²) in [6.07, 6.45) is 6.53. The van der Waals surface area contributed by atoms with Crippen molar-refractivity contribution in [2.24, 2.45) is 11.7 Å².